The third-order valence-corrected chi connectivity index (χ3v) is 3.58. The normalized spacial score (nSPS) is 17.4. The van der Waals surface area contributed by atoms with Crippen LogP contribution < -0.4 is 5.32 Å². The second kappa shape index (κ2) is 5.20. The Labute approximate surface area is 103 Å². The number of hydrogen-bond acceptors (Lipinski definition) is 1. The molecule has 1 aliphatic carbocycles. The number of benzene rings is 1. The highest BCUT2D eigenvalue weighted by Gasteiger charge is 2.26. The van der Waals surface area contributed by atoms with E-state index in [2.05, 4.69) is 37.4 Å². The lowest BCUT2D eigenvalue weighted by Gasteiger charge is -2.19. The molecule has 1 N–H and O–H groups in total. The van der Waals surface area contributed by atoms with Gasteiger partial charge in [-0.3, -0.25) is 0 Å². The standard InChI is InChI=1S/C14H20ClN/c1-3-16-14(9-11-5-6-11)12-7-4-10(2)8-13(12)15/h4,7-8,11,14,16H,3,5-6,9H2,1-2H3. The molecule has 0 aliphatic heterocycles. The van der Waals surface area contributed by atoms with Crippen molar-refractivity contribution in [3.05, 3.63) is 34.3 Å². The fraction of sp³-hybridized carbons (Fsp3) is 0.571. The Hall–Kier alpha value is -0.530. The van der Waals surface area contributed by atoms with E-state index in [4.69, 9.17) is 11.6 Å². The summed E-state index contributed by atoms with van der Waals surface area (Å²) in [5.41, 5.74) is 2.50. The summed E-state index contributed by atoms with van der Waals surface area (Å²) < 4.78 is 0. The van der Waals surface area contributed by atoms with Gasteiger partial charge in [-0.05, 0) is 43.0 Å². The van der Waals surface area contributed by atoms with Crippen LogP contribution in [0.25, 0.3) is 0 Å². The van der Waals surface area contributed by atoms with Gasteiger partial charge in [0.05, 0.1) is 0 Å². The Morgan fingerprint density at radius 1 is 1.44 bits per heavy atom. The molecule has 16 heavy (non-hydrogen) atoms. The van der Waals surface area contributed by atoms with Crippen molar-refractivity contribution in [2.24, 2.45) is 5.92 Å². The van der Waals surface area contributed by atoms with Crippen LogP contribution in [0.15, 0.2) is 18.2 Å². The molecule has 1 saturated carbocycles. The zero-order chi connectivity index (χ0) is 11.5. The van der Waals surface area contributed by atoms with Gasteiger partial charge in [-0.1, -0.05) is 43.5 Å². The second-order valence-corrected chi connectivity index (χ2v) is 5.22. The SMILES string of the molecule is CCNC(CC1CC1)c1ccc(C)cc1Cl. The van der Waals surface area contributed by atoms with E-state index in [9.17, 15) is 0 Å². The van der Waals surface area contributed by atoms with Crippen molar-refractivity contribution in [3.8, 4) is 0 Å². The maximum atomic E-state index is 6.32. The van der Waals surface area contributed by atoms with Crippen LogP contribution in [0.2, 0.25) is 5.02 Å². The molecule has 0 amide bonds. The highest BCUT2D eigenvalue weighted by molar-refractivity contribution is 6.31. The molecule has 1 aromatic carbocycles. The summed E-state index contributed by atoms with van der Waals surface area (Å²) in [5.74, 6) is 0.918. The van der Waals surface area contributed by atoms with E-state index in [0.717, 1.165) is 17.5 Å². The monoisotopic (exact) mass is 237 g/mol. The molecule has 0 saturated heterocycles. The summed E-state index contributed by atoms with van der Waals surface area (Å²) in [6, 6.07) is 6.82. The average molecular weight is 238 g/mol. The predicted molar refractivity (Wildman–Crippen MR) is 69.9 cm³/mol. The van der Waals surface area contributed by atoms with Crippen molar-refractivity contribution in [1.29, 1.82) is 0 Å². The fourth-order valence-electron chi connectivity index (χ4n) is 2.17. The van der Waals surface area contributed by atoms with Crippen molar-refractivity contribution in [3.63, 3.8) is 0 Å². The fourth-order valence-corrected chi connectivity index (χ4v) is 2.54. The van der Waals surface area contributed by atoms with E-state index in [1.807, 2.05) is 0 Å². The van der Waals surface area contributed by atoms with Gasteiger partial charge in [0.2, 0.25) is 0 Å². The van der Waals surface area contributed by atoms with Gasteiger partial charge in [-0.2, -0.15) is 0 Å². The van der Waals surface area contributed by atoms with E-state index < -0.39 is 0 Å². The van der Waals surface area contributed by atoms with Crippen molar-refractivity contribution in [2.75, 3.05) is 6.54 Å². The summed E-state index contributed by atoms with van der Waals surface area (Å²) in [4.78, 5) is 0. The van der Waals surface area contributed by atoms with E-state index in [-0.39, 0.29) is 0 Å². The Morgan fingerprint density at radius 2 is 2.19 bits per heavy atom. The largest absolute Gasteiger partial charge is 0.310 e. The first-order chi connectivity index (χ1) is 7.70. The first kappa shape index (κ1) is 11.9. The molecular formula is C14H20ClN. The average Bonchev–Trinajstić information content (AvgIpc) is 3.01. The van der Waals surface area contributed by atoms with E-state index in [1.54, 1.807) is 0 Å². The van der Waals surface area contributed by atoms with Crippen LogP contribution in [0.3, 0.4) is 0 Å². The lowest BCUT2D eigenvalue weighted by Crippen LogP contribution is -2.21. The lowest BCUT2D eigenvalue weighted by atomic mass is 10.00. The van der Waals surface area contributed by atoms with Gasteiger partial charge in [0.15, 0.2) is 0 Å². The topological polar surface area (TPSA) is 12.0 Å². The molecule has 0 bridgehead atoms. The Kier molecular flexibility index (Phi) is 3.88. The summed E-state index contributed by atoms with van der Waals surface area (Å²) in [6.07, 6.45) is 4.02. The summed E-state index contributed by atoms with van der Waals surface area (Å²) in [6.45, 7) is 5.24. The number of halogens is 1. The van der Waals surface area contributed by atoms with Gasteiger partial charge < -0.3 is 5.32 Å². The van der Waals surface area contributed by atoms with Crippen LogP contribution in [0, 0.1) is 12.8 Å². The zero-order valence-corrected chi connectivity index (χ0v) is 10.8. The van der Waals surface area contributed by atoms with Crippen molar-refractivity contribution >= 4 is 11.6 Å². The quantitative estimate of drug-likeness (QED) is 0.813. The minimum absolute atomic E-state index is 0.436. The minimum atomic E-state index is 0.436. The van der Waals surface area contributed by atoms with Crippen molar-refractivity contribution in [2.45, 2.75) is 39.2 Å². The number of nitrogens with one attached hydrogen (secondary N) is 1. The van der Waals surface area contributed by atoms with Crippen LogP contribution in [-0.2, 0) is 0 Å². The second-order valence-electron chi connectivity index (χ2n) is 4.81. The minimum Gasteiger partial charge on any atom is -0.310 e. The predicted octanol–water partition coefficient (Wildman–Crippen LogP) is 4.10. The number of hydrogen-bond donors (Lipinski definition) is 1. The Morgan fingerprint density at radius 3 is 2.75 bits per heavy atom. The molecule has 1 aromatic rings. The Bertz CT molecular complexity index is 358. The molecule has 0 heterocycles. The van der Waals surface area contributed by atoms with Crippen molar-refractivity contribution < 1.29 is 0 Å². The van der Waals surface area contributed by atoms with Crippen LogP contribution in [0.5, 0.6) is 0 Å². The maximum absolute atomic E-state index is 6.32. The van der Waals surface area contributed by atoms with Crippen LogP contribution in [-0.4, -0.2) is 6.54 Å². The van der Waals surface area contributed by atoms with Gasteiger partial charge in [0.1, 0.15) is 0 Å². The van der Waals surface area contributed by atoms with Gasteiger partial charge >= 0.3 is 0 Å². The highest BCUT2D eigenvalue weighted by atomic mass is 35.5. The van der Waals surface area contributed by atoms with Gasteiger partial charge in [-0.25, -0.2) is 0 Å². The van der Waals surface area contributed by atoms with Crippen LogP contribution >= 0.6 is 11.6 Å². The molecule has 1 atom stereocenters. The molecule has 88 valence electrons. The molecule has 1 unspecified atom stereocenters. The van der Waals surface area contributed by atoms with E-state index in [0.29, 0.717) is 6.04 Å². The molecule has 0 spiro atoms. The molecule has 1 aliphatic rings. The summed E-state index contributed by atoms with van der Waals surface area (Å²) in [7, 11) is 0. The molecular weight excluding hydrogens is 218 g/mol. The third kappa shape index (κ3) is 2.99. The molecule has 1 fully saturated rings. The lowest BCUT2D eigenvalue weighted by molar-refractivity contribution is 0.487. The number of rotatable bonds is 5. The summed E-state index contributed by atoms with van der Waals surface area (Å²) in [5, 5.41) is 4.45. The first-order valence-electron chi connectivity index (χ1n) is 6.20. The van der Waals surface area contributed by atoms with Crippen LogP contribution in [0.1, 0.15) is 43.4 Å². The van der Waals surface area contributed by atoms with E-state index in [1.165, 1.54) is 30.4 Å². The molecule has 0 aromatic heterocycles. The van der Waals surface area contributed by atoms with E-state index >= 15 is 0 Å². The van der Waals surface area contributed by atoms with Crippen LogP contribution in [0.4, 0.5) is 0 Å². The zero-order valence-electron chi connectivity index (χ0n) is 10.1. The molecule has 2 heteroatoms. The third-order valence-electron chi connectivity index (χ3n) is 3.25. The molecule has 0 radical (unpaired) electrons. The van der Waals surface area contributed by atoms with Crippen molar-refractivity contribution in [1.82, 2.24) is 5.32 Å². The molecule has 2 rings (SSSR count). The van der Waals surface area contributed by atoms with Gasteiger partial charge in [0.25, 0.3) is 0 Å². The maximum Gasteiger partial charge on any atom is 0.0456 e. The first-order valence-corrected chi connectivity index (χ1v) is 6.58. The summed E-state index contributed by atoms with van der Waals surface area (Å²) >= 11 is 6.32. The van der Waals surface area contributed by atoms with Gasteiger partial charge in [-0.15, -0.1) is 0 Å². The highest BCUT2D eigenvalue weighted by Crippen LogP contribution is 2.39. The Balaban J connectivity index is 2.15. The smallest absolute Gasteiger partial charge is 0.0456 e. The van der Waals surface area contributed by atoms with Gasteiger partial charge in [0, 0.05) is 11.1 Å². The molecule has 1 nitrogen and oxygen atoms in total. The number of aryl methyl sites for hydroxylation is 1.